The van der Waals surface area contributed by atoms with Gasteiger partial charge in [0.05, 0.1) is 6.42 Å². The zero-order valence-corrected chi connectivity index (χ0v) is 19.5. The molecule has 1 aromatic carbocycles. The Hall–Kier alpha value is -3.55. The number of hydrogen-bond acceptors (Lipinski definition) is 9. The van der Waals surface area contributed by atoms with E-state index in [-0.39, 0.29) is 36.9 Å². The summed E-state index contributed by atoms with van der Waals surface area (Å²) in [5.74, 6) is -3.29. The Balaban J connectivity index is 1.33. The van der Waals surface area contributed by atoms with Crippen molar-refractivity contribution in [3.8, 4) is 11.5 Å². The molecule has 3 atom stereocenters. The second kappa shape index (κ2) is 8.59. The predicted octanol–water partition coefficient (Wildman–Crippen LogP) is -0.373. The van der Waals surface area contributed by atoms with Gasteiger partial charge in [0.15, 0.2) is 27.4 Å². The first-order valence-electron chi connectivity index (χ1n) is 10.9. The van der Waals surface area contributed by atoms with Crippen LogP contribution in [0.2, 0.25) is 0 Å². The van der Waals surface area contributed by atoms with E-state index in [1.165, 1.54) is 24.0 Å². The Labute approximate surface area is 200 Å². The molecule has 3 heterocycles. The van der Waals surface area contributed by atoms with Gasteiger partial charge in [-0.3, -0.25) is 9.59 Å². The number of amides is 3. The summed E-state index contributed by atoms with van der Waals surface area (Å²) in [4.78, 5) is 50.7. The van der Waals surface area contributed by atoms with Crippen molar-refractivity contribution in [1.29, 1.82) is 0 Å². The van der Waals surface area contributed by atoms with E-state index in [9.17, 15) is 42.9 Å². The Morgan fingerprint density at radius 1 is 1.17 bits per heavy atom. The molecule has 0 saturated carbocycles. The van der Waals surface area contributed by atoms with Gasteiger partial charge in [-0.2, -0.15) is 0 Å². The first-order chi connectivity index (χ1) is 16.4. The number of nitrogens with one attached hydrogen (secondary N) is 1. The number of aliphatic carboxylic acids is 1. The van der Waals surface area contributed by atoms with Crippen molar-refractivity contribution in [2.75, 3.05) is 19.7 Å². The lowest BCUT2D eigenvalue weighted by molar-refractivity contribution is -0.158. The van der Waals surface area contributed by atoms with E-state index in [0.717, 1.165) is 11.0 Å². The summed E-state index contributed by atoms with van der Waals surface area (Å²) in [5, 5.41) is 30.0. The molecular formula is C21H25N3O10S. The number of carboxylic acid groups (broad SMARTS) is 1. The molecule has 0 bridgehead atoms. The number of sulfone groups is 1. The smallest absolute Gasteiger partial charge is 0.409 e. The van der Waals surface area contributed by atoms with Gasteiger partial charge >= 0.3 is 12.1 Å². The standard InChI is InChI=1S/C21H25N3O10S/c1-21(17(19(29)30)24-15(27)9-16(24)35(21,32)33)10-34-20(31)23-6-4-12(5-7-23)22-18(28)11-2-3-13(25)14(26)8-11/h2-3,8,12,16-17,25-26H,4-7,9-10H2,1H3,(H,22,28)(H,29,30)/t16-,17+,21+/m1/s1. The lowest BCUT2D eigenvalue weighted by atomic mass is 9.97. The molecule has 3 aliphatic rings. The number of ether oxygens (including phenoxy) is 1. The van der Waals surface area contributed by atoms with Gasteiger partial charge in [-0.05, 0) is 38.0 Å². The van der Waals surface area contributed by atoms with Crippen LogP contribution in [0.5, 0.6) is 11.5 Å². The van der Waals surface area contributed by atoms with Gasteiger partial charge in [-0.25, -0.2) is 18.0 Å². The zero-order chi connectivity index (χ0) is 25.7. The van der Waals surface area contributed by atoms with Crippen LogP contribution in [0.25, 0.3) is 0 Å². The van der Waals surface area contributed by atoms with Crippen LogP contribution in [-0.4, -0.2) is 99.3 Å². The SMILES string of the molecule is C[C@]1(COC(=O)N2CCC(NC(=O)c3ccc(O)c(O)c3)CC2)[C@H](C(=O)O)N2C(=O)C[C@H]2S1(=O)=O. The van der Waals surface area contributed by atoms with Gasteiger partial charge in [0.1, 0.15) is 16.7 Å². The van der Waals surface area contributed by atoms with E-state index < -0.39 is 62.2 Å². The van der Waals surface area contributed by atoms with Crippen molar-refractivity contribution in [3.05, 3.63) is 23.8 Å². The van der Waals surface area contributed by atoms with E-state index >= 15 is 0 Å². The van der Waals surface area contributed by atoms with Gasteiger partial charge in [-0.1, -0.05) is 0 Å². The van der Waals surface area contributed by atoms with Crippen LogP contribution in [0.4, 0.5) is 4.79 Å². The van der Waals surface area contributed by atoms with E-state index in [1.807, 2.05) is 0 Å². The number of nitrogens with zero attached hydrogens (tertiary/aromatic N) is 2. The Morgan fingerprint density at radius 2 is 1.83 bits per heavy atom. The van der Waals surface area contributed by atoms with Crippen LogP contribution in [0.1, 0.15) is 36.5 Å². The summed E-state index contributed by atoms with van der Waals surface area (Å²) < 4.78 is 29.0. The second-order valence-corrected chi connectivity index (χ2v) is 11.6. The molecule has 0 radical (unpaired) electrons. The quantitative estimate of drug-likeness (QED) is 0.299. The monoisotopic (exact) mass is 511 g/mol. The highest BCUT2D eigenvalue weighted by Gasteiger charge is 2.70. The number of phenols is 2. The van der Waals surface area contributed by atoms with Gasteiger partial charge in [0, 0.05) is 24.7 Å². The molecule has 190 valence electrons. The third-order valence-corrected chi connectivity index (χ3v) is 9.61. The van der Waals surface area contributed by atoms with Crippen LogP contribution in [0, 0.1) is 0 Å². The fraction of sp³-hybridized carbons (Fsp3) is 0.524. The number of carbonyl (C=O) groups is 4. The fourth-order valence-electron chi connectivity index (χ4n) is 4.71. The summed E-state index contributed by atoms with van der Waals surface area (Å²) in [6.07, 6.45) is -0.358. The molecule has 0 unspecified atom stereocenters. The largest absolute Gasteiger partial charge is 0.504 e. The first kappa shape index (κ1) is 24.6. The second-order valence-electron chi connectivity index (χ2n) is 9.05. The summed E-state index contributed by atoms with van der Waals surface area (Å²) in [5.41, 5.74) is 0.157. The maximum Gasteiger partial charge on any atom is 0.409 e. The van der Waals surface area contributed by atoms with Crippen molar-refractivity contribution in [2.45, 2.75) is 48.4 Å². The predicted molar refractivity (Wildman–Crippen MR) is 117 cm³/mol. The maximum absolute atomic E-state index is 12.9. The summed E-state index contributed by atoms with van der Waals surface area (Å²) in [7, 11) is -4.09. The van der Waals surface area contributed by atoms with E-state index in [2.05, 4.69) is 5.32 Å². The van der Waals surface area contributed by atoms with Crippen molar-refractivity contribution >= 4 is 33.7 Å². The first-order valence-corrected chi connectivity index (χ1v) is 12.4. The average molecular weight is 512 g/mol. The van der Waals surface area contributed by atoms with Crippen molar-refractivity contribution in [3.63, 3.8) is 0 Å². The number of piperidine rings is 1. The number of aromatic hydroxyl groups is 2. The molecule has 3 fully saturated rings. The maximum atomic E-state index is 12.9. The summed E-state index contributed by atoms with van der Waals surface area (Å²) in [6, 6.07) is 1.76. The highest BCUT2D eigenvalue weighted by Crippen LogP contribution is 2.46. The highest BCUT2D eigenvalue weighted by atomic mass is 32.2. The van der Waals surface area contributed by atoms with Crippen molar-refractivity contribution in [2.24, 2.45) is 0 Å². The molecule has 35 heavy (non-hydrogen) atoms. The topological polar surface area (TPSA) is 191 Å². The van der Waals surface area contributed by atoms with Gasteiger partial charge < -0.3 is 35.2 Å². The molecule has 3 amide bonds. The molecule has 3 saturated heterocycles. The third-order valence-electron chi connectivity index (χ3n) is 6.85. The Bertz CT molecular complexity index is 1190. The molecule has 14 heteroatoms. The number of fused-ring (bicyclic) bond motifs is 1. The van der Waals surface area contributed by atoms with Crippen LogP contribution < -0.4 is 5.32 Å². The normalized spacial score (nSPS) is 27.6. The number of carbonyl (C=O) groups excluding carboxylic acids is 3. The van der Waals surface area contributed by atoms with Gasteiger partial charge in [0.25, 0.3) is 5.91 Å². The molecule has 4 rings (SSSR count). The number of carboxylic acids is 1. The van der Waals surface area contributed by atoms with Crippen LogP contribution in [-0.2, 0) is 24.2 Å². The fourth-order valence-corrected chi connectivity index (χ4v) is 6.98. The minimum Gasteiger partial charge on any atom is -0.504 e. The number of hydrogen-bond donors (Lipinski definition) is 4. The zero-order valence-electron chi connectivity index (χ0n) is 18.7. The lowest BCUT2D eigenvalue weighted by Crippen LogP contribution is -2.58. The molecular weight excluding hydrogens is 486 g/mol. The van der Waals surface area contributed by atoms with E-state index in [0.29, 0.717) is 12.8 Å². The number of benzene rings is 1. The number of phenolic OH excluding ortho intramolecular Hbond substituents is 2. The number of likely N-dealkylation sites (tertiary alicyclic amines) is 1. The number of β-lactam (4-membered cyclic amide) rings is 1. The third kappa shape index (κ3) is 4.00. The van der Waals surface area contributed by atoms with Crippen molar-refractivity contribution < 1.29 is 47.7 Å². The van der Waals surface area contributed by atoms with Crippen molar-refractivity contribution in [1.82, 2.24) is 15.1 Å². The van der Waals surface area contributed by atoms with Crippen LogP contribution in [0.15, 0.2) is 18.2 Å². The Kier molecular flexibility index (Phi) is 6.03. The van der Waals surface area contributed by atoms with E-state index in [1.54, 1.807) is 0 Å². The molecule has 4 N–H and O–H groups in total. The minimum absolute atomic E-state index is 0.157. The minimum atomic E-state index is -4.09. The van der Waals surface area contributed by atoms with Crippen LogP contribution >= 0.6 is 0 Å². The summed E-state index contributed by atoms with van der Waals surface area (Å²) >= 11 is 0. The average Bonchev–Trinajstić information content (AvgIpc) is 2.94. The van der Waals surface area contributed by atoms with Gasteiger partial charge in [-0.15, -0.1) is 0 Å². The lowest BCUT2D eigenvalue weighted by Gasteiger charge is -2.35. The molecule has 0 aromatic heterocycles. The van der Waals surface area contributed by atoms with E-state index in [4.69, 9.17) is 4.74 Å². The number of rotatable bonds is 5. The molecule has 13 nitrogen and oxygen atoms in total. The van der Waals surface area contributed by atoms with Crippen LogP contribution in [0.3, 0.4) is 0 Å². The molecule has 3 aliphatic heterocycles. The Morgan fingerprint density at radius 3 is 2.40 bits per heavy atom. The highest BCUT2D eigenvalue weighted by molar-refractivity contribution is 7.94. The molecule has 0 spiro atoms. The molecule has 0 aliphatic carbocycles. The molecule has 1 aromatic rings. The summed E-state index contributed by atoms with van der Waals surface area (Å²) in [6.45, 7) is 0.850. The van der Waals surface area contributed by atoms with Gasteiger partial charge in [0.2, 0.25) is 5.91 Å².